The molecule has 0 unspecified atom stereocenters. The standard InChI is InChI=1S/C22H22F2N4O5S2/c1-3-10-27-20(30)18(35-22(27)25-13-4-7-15(8-5-13)34-21(23)24)12-19(29)26-16-9-6-14(33-2)11-17(16)28(31)32/h4-9,11,18,21H,3,10,12H2,1-2H3,(H,26,29)/t18-/m0/s1. The zero-order valence-corrected chi connectivity index (χ0v) is 20.4. The van der Waals surface area contributed by atoms with Crippen LogP contribution in [0.5, 0.6) is 5.75 Å². The molecule has 0 bridgehead atoms. The van der Waals surface area contributed by atoms with Crippen LogP contribution in [0, 0.1) is 10.1 Å². The van der Waals surface area contributed by atoms with Crippen LogP contribution in [0.1, 0.15) is 19.8 Å². The second kappa shape index (κ2) is 12.0. The summed E-state index contributed by atoms with van der Waals surface area (Å²) in [6, 6.07) is 10.3. The third-order valence-electron chi connectivity index (χ3n) is 4.80. The monoisotopic (exact) mass is 524 g/mol. The Labute approximate surface area is 208 Å². The number of methoxy groups -OCH3 is 1. The molecular formula is C22H22F2N4O5S2. The topological polar surface area (TPSA) is 114 Å². The minimum absolute atomic E-state index is 0.00249. The van der Waals surface area contributed by atoms with Crippen molar-refractivity contribution in [1.29, 1.82) is 0 Å². The number of hydrogen-bond donors (Lipinski definition) is 1. The molecule has 1 saturated heterocycles. The van der Waals surface area contributed by atoms with E-state index in [0.29, 0.717) is 40.5 Å². The lowest BCUT2D eigenvalue weighted by Gasteiger charge is -2.15. The fraction of sp³-hybridized carbons (Fsp3) is 0.318. The highest BCUT2D eigenvalue weighted by Crippen LogP contribution is 2.34. The number of nitro benzene ring substituents is 1. The summed E-state index contributed by atoms with van der Waals surface area (Å²) in [7, 11) is 1.37. The van der Waals surface area contributed by atoms with E-state index >= 15 is 0 Å². The van der Waals surface area contributed by atoms with Gasteiger partial charge in [0.2, 0.25) is 11.8 Å². The molecular weight excluding hydrogens is 502 g/mol. The maximum Gasteiger partial charge on any atom is 0.296 e. The molecule has 2 aromatic rings. The SMILES string of the molecule is CCCN1C(=O)[C@H](CC(=O)Nc2ccc(OC)cc2[N+](=O)[O-])SC1=Nc1ccc(SC(F)F)cc1. The number of halogens is 2. The lowest BCUT2D eigenvalue weighted by atomic mass is 10.2. The summed E-state index contributed by atoms with van der Waals surface area (Å²) in [4.78, 5) is 42.7. The normalized spacial score (nSPS) is 16.7. The predicted molar refractivity (Wildman–Crippen MR) is 132 cm³/mol. The minimum Gasteiger partial charge on any atom is -0.496 e. The zero-order valence-electron chi connectivity index (χ0n) is 18.8. The van der Waals surface area contributed by atoms with Gasteiger partial charge in [-0.15, -0.1) is 0 Å². The molecule has 0 saturated carbocycles. The van der Waals surface area contributed by atoms with Crippen LogP contribution in [-0.4, -0.2) is 51.5 Å². The summed E-state index contributed by atoms with van der Waals surface area (Å²) < 4.78 is 30.0. The van der Waals surface area contributed by atoms with Gasteiger partial charge in [-0.1, -0.05) is 30.4 Å². The van der Waals surface area contributed by atoms with Gasteiger partial charge in [-0.3, -0.25) is 24.6 Å². The number of nitrogens with zero attached hydrogens (tertiary/aromatic N) is 3. The van der Waals surface area contributed by atoms with E-state index < -0.39 is 21.8 Å². The predicted octanol–water partition coefficient (Wildman–Crippen LogP) is 5.29. The third-order valence-corrected chi connectivity index (χ3v) is 6.70. The van der Waals surface area contributed by atoms with Gasteiger partial charge in [-0.05, 0) is 42.8 Å². The van der Waals surface area contributed by atoms with E-state index in [4.69, 9.17) is 4.74 Å². The largest absolute Gasteiger partial charge is 0.496 e. The smallest absolute Gasteiger partial charge is 0.296 e. The fourth-order valence-corrected chi connectivity index (χ4v) is 4.91. The van der Waals surface area contributed by atoms with Crippen molar-refractivity contribution in [2.75, 3.05) is 19.0 Å². The molecule has 35 heavy (non-hydrogen) atoms. The molecule has 1 N–H and O–H groups in total. The Balaban J connectivity index is 1.74. The Morgan fingerprint density at radius 2 is 2.03 bits per heavy atom. The van der Waals surface area contributed by atoms with E-state index in [1.165, 1.54) is 42.3 Å². The van der Waals surface area contributed by atoms with Crippen LogP contribution < -0.4 is 10.1 Å². The molecule has 0 aliphatic carbocycles. The Kier molecular flexibility index (Phi) is 9.04. The number of ether oxygens (including phenoxy) is 1. The maximum absolute atomic E-state index is 13.0. The number of amidine groups is 1. The molecule has 1 fully saturated rings. The molecule has 1 atom stereocenters. The molecule has 2 aromatic carbocycles. The lowest BCUT2D eigenvalue weighted by molar-refractivity contribution is -0.384. The van der Waals surface area contributed by atoms with Crippen molar-refractivity contribution < 1.29 is 28.0 Å². The molecule has 1 heterocycles. The van der Waals surface area contributed by atoms with Gasteiger partial charge in [-0.2, -0.15) is 8.78 Å². The van der Waals surface area contributed by atoms with Crippen molar-refractivity contribution in [2.45, 2.75) is 35.7 Å². The molecule has 1 aliphatic heterocycles. The van der Waals surface area contributed by atoms with Crippen molar-refractivity contribution >= 4 is 57.6 Å². The molecule has 1 aliphatic rings. The van der Waals surface area contributed by atoms with Crippen LogP contribution in [0.4, 0.5) is 25.8 Å². The molecule has 186 valence electrons. The Hall–Kier alpha value is -3.19. The van der Waals surface area contributed by atoms with Crippen LogP contribution in [-0.2, 0) is 9.59 Å². The van der Waals surface area contributed by atoms with Crippen molar-refractivity contribution in [3.8, 4) is 5.75 Å². The van der Waals surface area contributed by atoms with E-state index in [1.54, 1.807) is 12.1 Å². The van der Waals surface area contributed by atoms with Gasteiger partial charge in [-0.25, -0.2) is 4.99 Å². The number of anilines is 1. The molecule has 0 spiro atoms. The fourth-order valence-electron chi connectivity index (χ4n) is 3.23. The highest BCUT2D eigenvalue weighted by Gasteiger charge is 2.39. The number of alkyl halides is 2. The van der Waals surface area contributed by atoms with Gasteiger partial charge in [0.15, 0.2) is 5.17 Å². The maximum atomic E-state index is 13.0. The first-order valence-electron chi connectivity index (χ1n) is 10.5. The molecule has 13 heteroatoms. The number of nitro groups is 1. The summed E-state index contributed by atoms with van der Waals surface area (Å²) in [6.07, 6.45) is 0.447. The number of carbonyl (C=O) groups excluding carboxylic acids is 2. The number of aliphatic imine (C=N–C) groups is 1. The number of carbonyl (C=O) groups is 2. The molecule has 2 amide bonds. The highest BCUT2D eigenvalue weighted by molar-refractivity contribution is 8.15. The first-order chi connectivity index (χ1) is 16.7. The lowest BCUT2D eigenvalue weighted by Crippen LogP contribution is -2.34. The first-order valence-corrected chi connectivity index (χ1v) is 12.2. The van der Waals surface area contributed by atoms with Gasteiger partial charge in [0.25, 0.3) is 11.4 Å². The quantitative estimate of drug-likeness (QED) is 0.255. The van der Waals surface area contributed by atoms with E-state index in [0.717, 1.165) is 11.8 Å². The summed E-state index contributed by atoms with van der Waals surface area (Å²) in [6.45, 7) is 2.29. The summed E-state index contributed by atoms with van der Waals surface area (Å²) in [5, 5.41) is 13.5. The van der Waals surface area contributed by atoms with E-state index in [-0.39, 0.29) is 29.5 Å². The van der Waals surface area contributed by atoms with E-state index in [1.807, 2.05) is 6.92 Å². The number of benzene rings is 2. The summed E-state index contributed by atoms with van der Waals surface area (Å²) >= 11 is 1.54. The zero-order chi connectivity index (χ0) is 25.5. The van der Waals surface area contributed by atoms with Crippen LogP contribution in [0.15, 0.2) is 52.4 Å². The van der Waals surface area contributed by atoms with Crippen molar-refractivity contribution in [2.24, 2.45) is 4.99 Å². The summed E-state index contributed by atoms with van der Waals surface area (Å²) in [5.41, 5.74) is 0.155. The first kappa shape index (κ1) is 26.4. The third kappa shape index (κ3) is 6.92. The van der Waals surface area contributed by atoms with Crippen LogP contribution in [0.2, 0.25) is 0 Å². The number of amides is 2. The molecule has 0 radical (unpaired) electrons. The number of hydrogen-bond acceptors (Lipinski definition) is 8. The highest BCUT2D eigenvalue weighted by atomic mass is 32.2. The number of thioether (sulfide) groups is 2. The second-order valence-electron chi connectivity index (χ2n) is 7.26. The van der Waals surface area contributed by atoms with Gasteiger partial charge < -0.3 is 10.1 Å². The second-order valence-corrected chi connectivity index (χ2v) is 9.49. The van der Waals surface area contributed by atoms with Crippen molar-refractivity contribution in [3.05, 3.63) is 52.6 Å². The Bertz CT molecular complexity index is 1130. The van der Waals surface area contributed by atoms with Gasteiger partial charge in [0.1, 0.15) is 16.7 Å². The van der Waals surface area contributed by atoms with Crippen LogP contribution in [0.3, 0.4) is 0 Å². The van der Waals surface area contributed by atoms with Gasteiger partial charge in [0.05, 0.1) is 23.8 Å². The van der Waals surface area contributed by atoms with Crippen molar-refractivity contribution in [3.63, 3.8) is 0 Å². The van der Waals surface area contributed by atoms with Crippen molar-refractivity contribution in [1.82, 2.24) is 4.90 Å². The summed E-state index contributed by atoms with van der Waals surface area (Å²) in [5.74, 6) is -3.11. The van der Waals surface area contributed by atoms with E-state index in [9.17, 15) is 28.5 Å². The molecule has 9 nitrogen and oxygen atoms in total. The number of rotatable bonds is 10. The average molecular weight is 525 g/mol. The Morgan fingerprint density at radius 1 is 1.31 bits per heavy atom. The van der Waals surface area contributed by atoms with Gasteiger partial charge in [0, 0.05) is 17.9 Å². The number of nitrogens with one attached hydrogen (secondary N) is 1. The average Bonchev–Trinajstić information content (AvgIpc) is 3.09. The van der Waals surface area contributed by atoms with E-state index in [2.05, 4.69) is 10.3 Å². The minimum atomic E-state index is -2.53. The Morgan fingerprint density at radius 3 is 2.63 bits per heavy atom. The van der Waals surface area contributed by atoms with Crippen LogP contribution >= 0.6 is 23.5 Å². The molecule has 0 aromatic heterocycles. The van der Waals surface area contributed by atoms with Crippen LogP contribution in [0.25, 0.3) is 0 Å². The van der Waals surface area contributed by atoms with Gasteiger partial charge >= 0.3 is 0 Å². The molecule has 3 rings (SSSR count).